The van der Waals surface area contributed by atoms with E-state index >= 15 is 0 Å². The van der Waals surface area contributed by atoms with Crippen LogP contribution in [0.2, 0.25) is 0 Å². The lowest BCUT2D eigenvalue weighted by atomic mass is 10.3. The lowest BCUT2D eigenvalue weighted by Crippen LogP contribution is -2.32. The van der Waals surface area contributed by atoms with Crippen LogP contribution in [0.1, 0.15) is 6.42 Å². The van der Waals surface area contributed by atoms with Crippen molar-refractivity contribution < 1.29 is 18.3 Å². The number of thiocarbonyl (C=S) groups is 1. The summed E-state index contributed by atoms with van der Waals surface area (Å²) in [6.45, 7) is 0. The number of non-ortho nitro benzene ring substituents is 1. The van der Waals surface area contributed by atoms with Crippen LogP contribution in [0.25, 0.3) is 0 Å². The molecule has 1 aliphatic rings. The second kappa shape index (κ2) is 6.76. The van der Waals surface area contributed by atoms with E-state index in [1.807, 2.05) is 0 Å². The van der Waals surface area contributed by atoms with Crippen LogP contribution in [0, 0.1) is 20.2 Å². The standard InChI is InChI=1S/C11H11N3O6S3/c15-13(16)8-1-2-10(9(5-8)14(17)18)22-11(21)12-7-3-4-23(19,20)6-7/h1-2,5,7H,3-4,6H2,(H,12,21)/t7-/m1/s1. The summed E-state index contributed by atoms with van der Waals surface area (Å²) < 4.78 is 22.9. The highest BCUT2D eigenvalue weighted by Gasteiger charge is 2.29. The molecule has 0 amide bonds. The van der Waals surface area contributed by atoms with Crippen molar-refractivity contribution >= 4 is 49.5 Å². The van der Waals surface area contributed by atoms with Gasteiger partial charge in [0.2, 0.25) is 0 Å². The first-order valence-electron chi connectivity index (χ1n) is 6.29. The van der Waals surface area contributed by atoms with Crippen LogP contribution in [0.3, 0.4) is 0 Å². The van der Waals surface area contributed by atoms with Gasteiger partial charge in [-0.05, 0) is 12.5 Å². The summed E-state index contributed by atoms with van der Waals surface area (Å²) in [6, 6.07) is 2.94. The molecule has 12 heteroatoms. The molecule has 124 valence electrons. The number of thioether (sulfide) groups is 1. The van der Waals surface area contributed by atoms with Gasteiger partial charge in [0.05, 0.1) is 32.3 Å². The highest BCUT2D eigenvalue weighted by Crippen LogP contribution is 2.33. The van der Waals surface area contributed by atoms with E-state index in [1.165, 1.54) is 6.07 Å². The Bertz CT molecular complexity index is 779. The van der Waals surface area contributed by atoms with E-state index in [4.69, 9.17) is 12.2 Å². The predicted octanol–water partition coefficient (Wildman–Crippen LogP) is 1.66. The van der Waals surface area contributed by atoms with Gasteiger partial charge in [0.25, 0.3) is 11.4 Å². The monoisotopic (exact) mass is 377 g/mol. The zero-order valence-corrected chi connectivity index (χ0v) is 13.9. The number of nitro benzene ring substituents is 2. The predicted molar refractivity (Wildman–Crippen MR) is 88.4 cm³/mol. The topological polar surface area (TPSA) is 132 Å². The maximum Gasteiger partial charge on any atom is 0.290 e. The van der Waals surface area contributed by atoms with Gasteiger partial charge < -0.3 is 5.32 Å². The largest absolute Gasteiger partial charge is 0.367 e. The van der Waals surface area contributed by atoms with Crippen molar-refractivity contribution in [3.8, 4) is 0 Å². The molecule has 1 atom stereocenters. The van der Waals surface area contributed by atoms with Crippen LogP contribution in [-0.2, 0) is 9.84 Å². The van der Waals surface area contributed by atoms with E-state index in [2.05, 4.69) is 5.32 Å². The van der Waals surface area contributed by atoms with Crippen LogP contribution in [0.15, 0.2) is 23.1 Å². The number of nitro groups is 2. The Morgan fingerprint density at radius 2 is 2.00 bits per heavy atom. The summed E-state index contributed by atoms with van der Waals surface area (Å²) in [5, 5.41) is 24.6. The van der Waals surface area contributed by atoms with Gasteiger partial charge in [-0.2, -0.15) is 0 Å². The molecule has 1 N–H and O–H groups in total. The molecule has 0 saturated carbocycles. The van der Waals surface area contributed by atoms with Gasteiger partial charge in [-0.3, -0.25) is 20.2 Å². The van der Waals surface area contributed by atoms with Crippen LogP contribution < -0.4 is 5.32 Å². The summed E-state index contributed by atoms with van der Waals surface area (Å²) in [4.78, 5) is 20.4. The van der Waals surface area contributed by atoms with Gasteiger partial charge in [-0.25, -0.2) is 8.42 Å². The van der Waals surface area contributed by atoms with E-state index in [0.29, 0.717) is 6.42 Å². The molecule has 0 radical (unpaired) electrons. The van der Waals surface area contributed by atoms with Gasteiger partial charge >= 0.3 is 0 Å². The fourth-order valence-electron chi connectivity index (χ4n) is 2.05. The van der Waals surface area contributed by atoms with Gasteiger partial charge in [0.1, 0.15) is 4.32 Å². The van der Waals surface area contributed by atoms with Crippen molar-refractivity contribution in [1.82, 2.24) is 5.32 Å². The molecule has 0 bridgehead atoms. The number of hydrogen-bond donors (Lipinski definition) is 1. The third-order valence-electron chi connectivity index (χ3n) is 3.11. The molecule has 1 saturated heterocycles. The minimum atomic E-state index is -3.07. The number of nitrogens with zero attached hydrogens (tertiary/aromatic N) is 2. The van der Waals surface area contributed by atoms with Crippen LogP contribution in [0.4, 0.5) is 11.4 Å². The number of rotatable bonds is 4. The maximum atomic E-state index is 11.4. The van der Waals surface area contributed by atoms with Gasteiger partial charge in [-0.15, -0.1) is 0 Å². The Hall–Kier alpha value is -1.79. The Morgan fingerprint density at radius 3 is 2.52 bits per heavy atom. The first-order chi connectivity index (χ1) is 10.7. The fraction of sp³-hybridized carbons (Fsp3) is 0.364. The zero-order chi connectivity index (χ0) is 17.2. The molecule has 1 aromatic carbocycles. The average molecular weight is 377 g/mol. The number of sulfone groups is 1. The second-order valence-corrected chi connectivity index (χ2v) is 8.75. The third-order valence-corrected chi connectivity index (χ3v) is 6.11. The summed E-state index contributed by atoms with van der Waals surface area (Å²) in [5.41, 5.74) is -0.811. The molecule has 1 heterocycles. The van der Waals surface area contributed by atoms with Gasteiger partial charge in [-0.1, -0.05) is 24.0 Å². The van der Waals surface area contributed by atoms with E-state index in [9.17, 15) is 28.6 Å². The number of nitrogens with one attached hydrogen (secondary N) is 1. The van der Waals surface area contributed by atoms with Crippen molar-refractivity contribution in [2.45, 2.75) is 17.4 Å². The van der Waals surface area contributed by atoms with E-state index in [1.54, 1.807) is 0 Å². The zero-order valence-electron chi connectivity index (χ0n) is 11.5. The minimum absolute atomic E-state index is 0.0317. The Balaban J connectivity index is 2.11. The van der Waals surface area contributed by atoms with Crippen LogP contribution >= 0.6 is 24.0 Å². The highest BCUT2D eigenvalue weighted by molar-refractivity contribution is 8.23. The molecule has 1 aromatic rings. The Kier molecular flexibility index (Phi) is 5.16. The van der Waals surface area contributed by atoms with Crippen molar-refractivity contribution in [3.63, 3.8) is 0 Å². The van der Waals surface area contributed by atoms with Crippen LogP contribution in [-0.4, -0.2) is 40.1 Å². The fourth-order valence-corrected chi connectivity index (χ4v) is 4.96. The van der Waals surface area contributed by atoms with E-state index < -0.39 is 25.4 Å². The first-order valence-corrected chi connectivity index (χ1v) is 9.34. The lowest BCUT2D eigenvalue weighted by Gasteiger charge is -2.12. The molecule has 0 unspecified atom stereocenters. The summed E-state index contributed by atoms with van der Waals surface area (Å²) in [7, 11) is -3.07. The normalized spacial score (nSPS) is 19.2. The molecular weight excluding hydrogens is 366 g/mol. The molecule has 0 spiro atoms. The average Bonchev–Trinajstić information content (AvgIpc) is 2.77. The van der Waals surface area contributed by atoms with E-state index in [-0.39, 0.29) is 32.5 Å². The van der Waals surface area contributed by atoms with E-state index in [0.717, 1.165) is 23.9 Å². The van der Waals surface area contributed by atoms with Gasteiger partial charge in [0, 0.05) is 12.1 Å². The maximum absolute atomic E-state index is 11.4. The second-order valence-electron chi connectivity index (χ2n) is 4.80. The lowest BCUT2D eigenvalue weighted by molar-refractivity contribution is -0.396. The minimum Gasteiger partial charge on any atom is -0.367 e. The van der Waals surface area contributed by atoms with Crippen LogP contribution in [0.5, 0.6) is 0 Å². The Labute approximate surface area is 140 Å². The molecule has 0 aromatic heterocycles. The quantitative estimate of drug-likeness (QED) is 0.360. The smallest absolute Gasteiger partial charge is 0.290 e. The third kappa shape index (κ3) is 4.59. The first kappa shape index (κ1) is 17.6. The van der Waals surface area contributed by atoms with Crippen molar-refractivity contribution in [2.75, 3.05) is 11.5 Å². The number of hydrogen-bond acceptors (Lipinski definition) is 8. The summed E-state index contributed by atoms with van der Waals surface area (Å²) in [5.74, 6) is 0.0473. The van der Waals surface area contributed by atoms with Crippen molar-refractivity contribution in [3.05, 3.63) is 38.4 Å². The summed E-state index contributed by atoms with van der Waals surface area (Å²) >= 11 is 5.95. The summed E-state index contributed by atoms with van der Waals surface area (Å²) in [6.07, 6.45) is 0.422. The van der Waals surface area contributed by atoms with Crippen molar-refractivity contribution in [2.24, 2.45) is 0 Å². The molecule has 1 aliphatic heterocycles. The number of benzene rings is 1. The molecule has 1 fully saturated rings. The highest BCUT2D eigenvalue weighted by atomic mass is 32.2. The molecule has 23 heavy (non-hydrogen) atoms. The van der Waals surface area contributed by atoms with Crippen molar-refractivity contribution in [1.29, 1.82) is 0 Å². The SMILES string of the molecule is O=[N+]([O-])c1ccc(SC(=S)N[C@@H]2CCS(=O)(=O)C2)c([N+](=O)[O-])c1. The molecule has 2 rings (SSSR count). The molecule has 0 aliphatic carbocycles. The van der Waals surface area contributed by atoms with Gasteiger partial charge in [0.15, 0.2) is 9.84 Å². The molecular formula is C11H11N3O6S3. The Morgan fingerprint density at radius 1 is 1.30 bits per heavy atom. The molecule has 9 nitrogen and oxygen atoms in total.